The summed E-state index contributed by atoms with van der Waals surface area (Å²) in [7, 11) is 1.79. The Labute approximate surface area is 107 Å². The van der Waals surface area contributed by atoms with E-state index in [1.165, 1.54) is 0 Å². The molecule has 0 aliphatic heterocycles. The van der Waals surface area contributed by atoms with Gasteiger partial charge in [0, 0.05) is 13.6 Å². The molecule has 1 amide bonds. The van der Waals surface area contributed by atoms with Crippen molar-refractivity contribution in [2.45, 2.75) is 33.2 Å². The SMILES string of the molecule is Cc1nc(CN(C)C(=O)C2(CN)CC(C)C2)n[nH]1. The van der Waals surface area contributed by atoms with Crippen LogP contribution in [-0.2, 0) is 11.3 Å². The molecule has 1 aliphatic carbocycles. The summed E-state index contributed by atoms with van der Waals surface area (Å²) in [6.45, 7) is 4.85. The molecule has 0 unspecified atom stereocenters. The van der Waals surface area contributed by atoms with E-state index in [-0.39, 0.29) is 11.3 Å². The second-order valence-corrected chi connectivity index (χ2v) is 5.50. The molecule has 18 heavy (non-hydrogen) atoms. The molecule has 0 spiro atoms. The molecule has 1 fully saturated rings. The van der Waals surface area contributed by atoms with Crippen LogP contribution in [0.2, 0.25) is 0 Å². The molecule has 0 bridgehead atoms. The molecule has 1 aromatic rings. The van der Waals surface area contributed by atoms with Crippen molar-refractivity contribution in [3.05, 3.63) is 11.6 Å². The van der Waals surface area contributed by atoms with Crippen molar-refractivity contribution in [1.29, 1.82) is 0 Å². The minimum absolute atomic E-state index is 0.116. The van der Waals surface area contributed by atoms with Crippen LogP contribution in [0.5, 0.6) is 0 Å². The maximum absolute atomic E-state index is 12.4. The number of carbonyl (C=O) groups is 1. The van der Waals surface area contributed by atoms with E-state index < -0.39 is 0 Å². The zero-order valence-corrected chi connectivity index (χ0v) is 11.2. The number of hydrogen-bond acceptors (Lipinski definition) is 4. The molecule has 0 aromatic carbocycles. The van der Waals surface area contributed by atoms with Crippen molar-refractivity contribution in [3.63, 3.8) is 0 Å². The number of carbonyl (C=O) groups excluding carboxylic acids is 1. The second kappa shape index (κ2) is 4.68. The third-order valence-electron chi connectivity index (χ3n) is 3.69. The molecule has 0 atom stereocenters. The van der Waals surface area contributed by atoms with E-state index in [4.69, 9.17) is 5.73 Å². The average molecular weight is 251 g/mol. The molecular formula is C12H21N5O. The summed E-state index contributed by atoms with van der Waals surface area (Å²) in [6.07, 6.45) is 1.78. The molecule has 1 aromatic heterocycles. The molecule has 1 heterocycles. The standard InChI is InChI=1S/C12H21N5O/c1-8-4-12(5-8,7-13)11(18)17(3)6-10-14-9(2)15-16-10/h8H,4-7,13H2,1-3H3,(H,14,15,16). The van der Waals surface area contributed by atoms with Crippen molar-refractivity contribution in [1.82, 2.24) is 20.1 Å². The van der Waals surface area contributed by atoms with Crippen LogP contribution < -0.4 is 5.73 Å². The Bertz CT molecular complexity index is 435. The molecule has 100 valence electrons. The van der Waals surface area contributed by atoms with Crippen LogP contribution in [0.25, 0.3) is 0 Å². The van der Waals surface area contributed by atoms with Crippen LogP contribution in [0, 0.1) is 18.3 Å². The maximum atomic E-state index is 12.4. The number of nitrogens with one attached hydrogen (secondary N) is 1. The largest absolute Gasteiger partial charge is 0.338 e. The van der Waals surface area contributed by atoms with Crippen LogP contribution >= 0.6 is 0 Å². The first-order chi connectivity index (χ1) is 8.47. The van der Waals surface area contributed by atoms with Gasteiger partial charge < -0.3 is 10.6 Å². The quantitative estimate of drug-likeness (QED) is 0.813. The summed E-state index contributed by atoms with van der Waals surface area (Å²) in [4.78, 5) is 18.3. The summed E-state index contributed by atoms with van der Waals surface area (Å²) >= 11 is 0. The Morgan fingerprint density at radius 3 is 2.72 bits per heavy atom. The van der Waals surface area contributed by atoms with Gasteiger partial charge in [-0.3, -0.25) is 9.89 Å². The molecule has 0 radical (unpaired) electrons. The van der Waals surface area contributed by atoms with Crippen molar-refractivity contribution in [2.75, 3.05) is 13.6 Å². The van der Waals surface area contributed by atoms with Crippen molar-refractivity contribution in [2.24, 2.45) is 17.1 Å². The average Bonchev–Trinajstić information content (AvgIpc) is 2.69. The zero-order valence-electron chi connectivity index (χ0n) is 11.2. The lowest BCUT2D eigenvalue weighted by molar-refractivity contribution is -0.148. The third kappa shape index (κ3) is 2.25. The third-order valence-corrected chi connectivity index (χ3v) is 3.69. The Hall–Kier alpha value is -1.43. The van der Waals surface area contributed by atoms with Crippen LogP contribution in [-0.4, -0.2) is 39.6 Å². The van der Waals surface area contributed by atoms with E-state index in [1.807, 2.05) is 6.92 Å². The van der Waals surface area contributed by atoms with E-state index in [0.717, 1.165) is 18.7 Å². The smallest absolute Gasteiger partial charge is 0.230 e. The van der Waals surface area contributed by atoms with Crippen LogP contribution in [0.1, 0.15) is 31.4 Å². The van der Waals surface area contributed by atoms with Gasteiger partial charge in [0.25, 0.3) is 0 Å². The predicted molar refractivity (Wildman–Crippen MR) is 67.5 cm³/mol. The molecule has 1 saturated carbocycles. The number of H-pyrrole nitrogens is 1. The number of amides is 1. The zero-order chi connectivity index (χ0) is 13.3. The summed E-state index contributed by atoms with van der Waals surface area (Å²) in [6, 6.07) is 0. The fourth-order valence-electron chi connectivity index (χ4n) is 2.85. The molecule has 6 heteroatoms. The normalized spacial score (nSPS) is 26.8. The van der Waals surface area contributed by atoms with E-state index >= 15 is 0 Å². The number of nitrogens with zero attached hydrogens (tertiary/aromatic N) is 3. The van der Waals surface area contributed by atoms with Gasteiger partial charge in [-0.05, 0) is 25.7 Å². The number of aromatic nitrogens is 3. The summed E-state index contributed by atoms with van der Waals surface area (Å²) in [5.41, 5.74) is 5.43. The minimum atomic E-state index is -0.348. The fourth-order valence-corrected chi connectivity index (χ4v) is 2.85. The van der Waals surface area contributed by atoms with Crippen LogP contribution in [0.15, 0.2) is 0 Å². The highest BCUT2D eigenvalue weighted by atomic mass is 16.2. The monoisotopic (exact) mass is 251 g/mol. The molecular weight excluding hydrogens is 230 g/mol. The summed E-state index contributed by atoms with van der Waals surface area (Å²) in [5.74, 6) is 2.11. The lowest BCUT2D eigenvalue weighted by Crippen LogP contribution is -2.53. The van der Waals surface area contributed by atoms with Crippen LogP contribution in [0.3, 0.4) is 0 Å². The van der Waals surface area contributed by atoms with Gasteiger partial charge in [-0.1, -0.05) is 6.92 Å². The van der Waals surface area contributed by atoms with Gasteiger partial charge in [0.2, 0.25) is 5.91 Å². The van der Waals surface area contributed by atoms with Crippen molar-refractivity contribution < 1.29 is 4.79 Å². The Balaban J connectivity index is 2.00. The van der Waals surface area contributed by atoms with Gasteiger partial charge in [-0.15, -0.1) is 0 Å². The Kier molecular flexibility index (Phi) is 3.38. The summed E-state index contributed by atoms with van der Waals surface area (Å²) < 4.78 is 0. The van der Waals surface area contributed by atoms with E-state index in [1.54, 1.807) is 11.9 Å². The lowest BCUT2D eigenvalue weighted by atomic mass is 9.62. The first kappa shape index (κ1) is 13.0. The molecule has 6 nitrogen and oxygen atoms in total. The molecule has 3 N–H and O–H groups in total. The number of aromatic amines is 1. The summed E-state index contributed by atoms with van der Waals surface area (Å²) in [5, 5.41) is 6.82. The predicted octanol–water partition coefficient (Wildman–Crippen LogP) is 0.447. The number of nitrogens with two attached hydrogens (primary N) is 1. The minimum Gasteiger partial charge on any atom is -0.338 e. The van der Waals surface area contributed by atoms with Gasteiger partial charge in [0.15, 0.2) is 5.82 Å². The van der Waals surface area contributed by atoms with Gasteiger partial charge >= 0.3 is 0 Å². The highest BCUT2D eigenvalue weighted by Crippen LogP contribution is 2.45. The maximum Gasteiger partial charge on any atom is 0.230 e. The second-order valence-electron chi connectivity index (χ2n) is 5.50. The Morgan fingerprint density at radius 1 is 1.61 bits per heavy atom. The molecule has 1 aliphatic rings. The van der Waals surface area contributed by atoms with Gasteiger partial charge in [-0.2, -0.15) is 5.10 Å². The number of aryl methyl sites for hydroxylation is 1. The first-order valence-corrected chi connectivity index (χ1v) is 6.30. The Morgan fingerprint density at radius 2 is 2.28 bits per heavy atom. The van der Waals surface area contributed by atoms with Crippen molar-refractivity contribution in [3.8, 4) is 0 Å². The van der Waals surface area contributed by atoms with Gasteiger partial charge in [-0.25, -0.2) is 4.98 Å². The molecule has 0 saturated heterocycles. The van der Waals surface area contributed by atoms with E-state index in [9.17, 15) is 4.79 Å². The van der Waals surface area contributed by atoms with Crippen molar-refractivity contribution >= 4 is 5.91 Å². The number of hydrogen-bond donors (Lipinski definition) is 2. The highest BCUT2D eigenvalue weighted by molar-refractivity contribution is 5.83. The first-order valence-electron chi connectivity index (χ1n) is 6.30. The number of rotatable bonds is 4. The lowest BCUT2D eigenvalue weighted by Gasteiger charge is -2.46. The van der Waals surface area contributed by atoms with Gasteiger partial charge in [0.05, 0.1) is 12.0 Å². The van der Waals surface area contributed by atoms with E-state index in [2.05, 4.69) is 22.1 Å². The van der Waals surface area contributed by atoms with Crippen LogP contribution in [0.4, 0.5) is 0 Å². The fraction of sp³-hybridized carbons (Fsp3) is 0.750. The molecule has 2 rings (SSSR count). The van der Waals surface area contributed by atoms with Gasteiger partial charge in [0.1, 0.15) is 5.82 Å². The topological polar surface area (TPSA) is 87.9 Å². The highest BCUT2D eigenvalue weighted by Gasteiger charge is 2.48. The van der Waals surface area contributed by atoms with E-state index in [0.29, 0.717) is 24.8 Å².